The van der Waals surface area contributed by atoms with E-state index in [9.17, 15) is 4.79 Å². The molecule has 0 saturated heterocycles. The van der Waals surface area contributed by atoms with Crippen molar-refractivity contribution in [3.05, 3.63) is 0 Å². The monoisotopic (exact) mass is 164 g/mol. The van der Waals surface area contributed by atoms with E-state index in [0.717, 1.165) is 19.3 Å². The number of carbonyl (C=O) groups excluding carboxylic acids is 1. The molecule has 2 nitrogen and oxygen atoms in total. The average molecular weight is 165 g/mol. The smallest absolute Gasteiger partial charge is 0.250 e. The number of carbonyl (C=O) groups is 1. The van der Waals surface area contributed by atoms with Gasteiger partial charge in [0.25, 0.3) is 0 Å². The molecule has 0 aromatic heterocycles. The van der Waals surface area contributed by atoms with Gasteiger partial charge in [-0.1, -0.05) is 26.2 Å². The number of aliphatic hydroxyl groups is 1. The number of hydrogen-bond donors (Lipinski definition) is 1. The summed E-state index contributed by atoms with van der Waals surface area (Å²) in [5.41, 5.74) is 0. The molecule has 0 radical (unpaired) electrons. The summed E-state index contributed by atoms with van der Waals surface area (Å²) >= 11 is 5.02. The molecule has 0 saturated carbocycles. The molecule has 10 heavy (non-hydrogen) atoms. The molecule has 0 aliphatic heterocycles. The Morgan fingerprint density at radius 1 is 1.60 bits per heavy atom. The SMILES string of the molecule is CCCCCC(O)C(=O)Cl. The topological polar surface area (TPSA) is 37.3 Å². The maximum atomic E-state index is 10.3. The molecular formula is C7H13ClO2. The van der Waals surface area contributed by atoms with Crippen LogP contribution in [0.15, 0.2) is 0 Å². The van der Waals surface area contributed by atoms with Gasteiger partial charge in [0.2, 0.25) is 5.24 Å². The Bertz CT molecular complexity index is 104. The minimum atomic E-state index is -0.951. The summed E-state index contributed by atoms with van der Waals surface area (Å²) in [6, 6.07) is 0. The Labute approximate surface area is 66.2 Å². The van der Waals surface area contributed by atoms with E-state index < -0.39 is 11.3 Å². The van der Waals surface area contributed by atoms with E-state index in [0.29, 0.717) is 6.42 Å². The second kappa shape index (κ2) is 5.69. The maximum Gasteiger partial charge on any atom is 0.250 e. The van der Waals surface area contributed by atoms with Gasteiger partial charge >= 0.3 is 0 Å². The third-order valence-electron chi connectivity index (χ3n) is 1.34. The second-order valence-corrected chi connectivity index (χ2v) is 2.69. The van der Waals surface area contributed by atoms with Gasteiger partial charge in [-0.3, -0.25) is 4.79 Å². The zero-order valence-corrected chi connectivity index (χ0v) is 6.90. The summed E-state index contributed by atoms with van der Waals surface area (Å²) < 4.78 is 0. The van der Waals surface area contributed by atoms with E-state index in [4.69, 9.17) is 16.7 Å². The molecule has 60 valence electrons. The molecule has 1 unspecified atom stereocenters. The fourth-order valence-electron chi connectivity index (χ4n) is 0.701. The summed E-state index contributed by atoms with van der Waals surface area (Å²) in [5, 5.41) is 8.23. The predicted octanol–water partition coefficient (Wildman–Crippen LogP) is 1.69. The number of aliphatic hydroxyl groups excluding tert-OH is 1. The minimum absolute atomic E-state index is 0.496. The van der Waals surface area contributed by atoms with Crippen molar-refractivity contribution in [3.63, 3.8) is 0 Å². The van der Waals surface area contributed by atoms with Gasteiger partial charge in [0, 0.05) is 0 Å². The van der Waals surface area contributed by atoms with Crippen LogP contribution in [0.2, 0.25) is 0 Å². The van der Waals surface area contributed by atoms with Crippen molar-refractivity contribution in [1.29, 1.82) is 0 Å². The molecule has 1 atom stereocenters. The van der Waals surface area contributed by atoms with E-state index in [2.05, 4.69) is 6.92 Å². The Kier molecular flexibility index (Phi) is 5.64. The van der Waals surface area contributed by atoms with Crippen LogP contribution in [0.4, 0.5) is 0 Å². The molecule has 0 amide bonds. The maximum absolute atomic E-state index is 10.3. The zero-order chi connectivity index (χ0) is 7.98. The molecule has 0 heterocycles. The fourth-order valence-corrected chi connectivity index (χ4v) is 0.810. The van der Waals surface area contributed by atoms with Crippen molar-refractivity contribution in [1.82, 2.24) is 0 Å². The lowest BCUT2D eigenvalue weighted by Crippen LogP contribution is -2.13. The van der Waals surface area contributed by atoms with E-state index in [-0.39, 0.29) is 0 Å². The average Bonchev–Trinajstić information content (AvgIpc) is 1.88. The summed E-state index contributed by atoms with van der Waals surface area (Å²) in [6.45, 7) is 2.06. The third kappa shape index (κ3) is 4.77. The van der Waals surface area contributed by atoms with E-state index in [1.165, 1.54) is 0 Å². The highest BCUT2D eigenvalue weighted by atomic mass is 35.5. The van der Waals surface area contributed by atoms with Gasteiger partial charge in [0.05, 0.1) is 0 Å². The van der Waals surface area contributed by atoms with E-state index in [1.54, 1.807) is 0 Å². The number of unbranched alkanes of at least 4 members (excludes halogenated alkanes) is 2. The number of hydrogen-bond acceptors (Lipinski definition) is 2. The van der Waals surface area contributed by atoms with E-state index >= 15 is 0 Å². The first-order valence-corrected chi connectivity index (χ1v) is 3.93. The van der Waals surface area contributed by atoms with Crippen molar-refractivity contribution < 1.29 is 9.90 Å². The number of rotatable bonds is 5. The predicted molar refractivity (Wildman–Crippen MR) is 41.0 cm³/mol. The van der Waals surface area contributed by atoms with Gasteiger partial charge in [-0.2, -0.15) is 0 Å². The lowest BCUT2D eigenvalue weighted by Gasteiger charge is -2.02. The number of halogens is 1. The van der Waals surface area contributed by atoms with Crippen LogP contribution < -0.4 is 0 Å². The largest absolute Gasteiger partial charge is 0.384 e. The van der Waals surface area contributed by atoms with Gasteiger partial charge in [-0.15, -0.1) is 0 Å². The fraction of sp³-hybridized carbons (Fsp3) is 0.857. The molecule has 0 bridgehead atoms. The Hall–Kier alpha value is -0.0800. The summed E-state index contributed by atoms with van der Waals surface area (Å²) in [6.07, 6.45) is 2.55. The van der Waals surface area contributed by atoms with Gasteiger partial charge in [-0.25, -0.2) is 0 Å². The Balaban J connectivity index is 3.21. The van der Waals surface area contributed by atoms with Crippen LogP contribution in [-0.4, -0.2) is 16.5 Å². The molecule has 0 rings (SSSR count). The second-order valence-electron chi connectivity index (χ2n) is 2.32. The van der Waals surface area contributed by atoms with Crippen molar-refractivity contribution in [2.75, 3.05) is 0 Å². The van der Waals surface area contributed by atoms with Gasteiger partial charge < -0.3 is 5.11 Å². The van der Waals surface area contributed by atoms with Crippen LogP contribution in [0.5, 0.6) is 0 Å². The Morgan fingerprint density at radius 2 is 2.20 bits per heavy atom. The molecule has 0 aliphatic rings. The van der Waals surface area contributed by atoms with Crippen LogP contribution in [0.3, 0.4) is 0 Å². The first-order valence-electron chi connectivity index (χ1n) is 3.56. The van der Waals surface area contributed by atoms with E-state index in [1.807, 2.05) is 0 Å². The van der Waals surface area contributed by atoms with Gasteiger partial charge in [-0.05, 0) is 18.0 Å². The van der Waals surface area contributed by atoms with Crippen molar-refractivity contribution >= 4 is 16.8 Å². The molecule has 1 N–H and O–H groups in total. The molecule has 3 heteroatoms. The van der Waals surface area contributed by atoms with Gasteiger partial charge in [0.1, 0.15) is 6.10 Å². The van der Waals surface area contributed by atoms with Crippen LogP contribution in [0, 0.1) is 0 Å². The zero-order valence-electron chi connectivity index (χ0n) is 6.14. The summed E-state index contributed by atoms with van der Waals surface area (Å²) in [5.74, 6) is 0. The molecule has 0 aromatic carbocycles. The lowest BCUT2D eigenvalue weighted by atomic mass is 10.1. The van der Waals surface area contributed by atoms with Crippen molar-refractivity contribution in [3.8, 4) is 0 Å². The van der Waals surface area contributed by atoms with Crippen molar-refractivity contribution in [2.45, 2.75) is 38.7 Å². The highest BCUT2D eigenvalue weighted by Crippen LogP contribution is 2.05. The first kappa shape index (κ1) is 9.92. The summed E-state index contributed by atoms with van der Waals surface area (Å²) in [4.78, 5) is 10.3. The normalized spacial score (nSPS) is 13.1. The highest BCUT2D eigenvalue weighted by Gasteiger charge is 2.09. The quantitative estimate of drug-likeness (QED) is 0.496. The standard InChI is InChI=1S/C7H13ClO2/c1-2-3-4-5-6(9)7(8)10/h6,9H,2-5H2,1H3. The van der Waals surface area contributed by atoms with Crippen LogP contribution in [0.25, 0.3) is 0 Å². The molecule has 0 fully saturated rings. The van der Waals surface area contributed by atoms with Crippen LogP contribution in [0.1, 0.15) is 32.6 Å². The highest BCUT2D eigenvalue weighted by molar-refractivity contribution is 6.64. The first-order chi connectivity index (χ1) is 4.68. The molecule has 0 aromatic rings. The third-order valence-corrected chi connectivity index (χ3v) is 1.59. The molecule has 0 spiro atoms. The van der Waals surface area contributed by atoms with Crippen LogP contribution >= 0.6 is 11.6 Å². The lowest BCUT2D eigenvalue weighted by molar-refractivity contribution is -0.119. The summed E-state index contributed by atoms with van der Waals surface area (Å²) in [7, 11) is 0. The molecular weight excluding hydrogens is 152 g/mol. The van der Waals surface area contributed by atoms with Crippen LogP contribution in [-0.2, 0) is 4.79 Å². The minimum Gasteiger partial charge on any atom is -0.384 e. The van der Waals surface area contributed by atoms with Gasteiger partial charge in [0.15, 0.2) is 0 Å². The molecule has 0 aliphatic carbocycles. The van der Waals surface area contributed by atoms with Crippen molar-refractivity contribution in [2.24, 2.45) is 0 Å². The Morgan fingerprint density at radius 3 is 2.60 bits per heavy atom.